The highest BCUT2D eigenvalue weighted by molar-refractivity contribution is 6.30. The van der Waals surface area contributed by atoms with Crippen molar-refractivity contribution in [2.75, 3.05) is 6.54 Å². The molecule has 18 heavy (non-hydrogen) atoms. The highest BCUT2D eigenvalue weighted by Crippen LogP contribution is 2.23. The summed E-state index contributed by atoms with van der Waals surface area (Å²) < 4.78 is 5.39. The van der Waals surface area contributed by atoms with Crippen molar-refractivity contribution in [3.8, 4) is 0 Å². The van der Waals surface area contributed by atoms with Gasteiger partial charge in [0.2, 0.25) is 0 Å². The molecule has 2 nitrogen and oxygen atoms in total. The van der Waals surface area contributed by atoms with Crippen LogP contribution in [0.1, 0.15) is 29.9 Å². The Morgan fingerprint density at radius 3 is 2.78 bits per heavy atom. The molecule has 1 atom stereocenters. The van der Waals surface area contributed by atoms with Crippen molar-refractivity contribution in [1.82, 2.24) is 5.32 Å². The third kappa shape index (κ3) is 3.15. The number of nitrogens with one attached hydrogen (secondary N) is 1. The molecule has 1 aromatic carbocycles. The van der Waals surface area contributed by atoms with E-state index in [1.807, 2.05) is 31.2 Å². The molecule has 0 aliphatic rings. The summed E-state index contributed by atoms with van der Waals surface area (Å²) in [6.07, 6.45) is 2.65. The quantitative estimate of drug-likeness (QED) is 0.877. The first kappa shape index (κ1) is 13.2. The summed E-state index contributed by atoms with van der Waals surface area (Å²) in [5, 5.41) is 4.27. The van der Waals surface area contributed by atoms with E-state index in [4.69, 9.17) is 16.0 Å². The van der Waals surface area contributed by atoms with Crippen LogP contribution < -0.4 is 5.32 Å². The fourth-order valence-corrected chi connectivity index (χ4v) is 2.41. The molecule has 1 unspecified atom stereocenters. The van der Waals surface area contributed by atoms with Gasteiger partial charge in [0.1, 0.15) is 5.76 Å². The van der Waals surface area contributed by atoms with Crippen molar-refractivity contribution in [3.05, 3.63) is 58.5 Å². The first-order valence-corrected chi connectivity index (χ1v) is 6.60. The van der Waals surface area contributed by atoms with Crippen molar-refractivity contribution < 1.29 is 4.42 Å². The Kier molecular flexibility index (Phi) is 4.45. The lowest BCUT2D eigenvalue weighted by atomic mass is 9.99. The second-order valence-corrected chi connectivity index (χ2v) is 4.81. The number of rotatable bonds is 5. The van der Waals surface area contributed by atoms with Gasteiger partial charge in [-0.1, -0.05) is 30.7 Å². The van der Waals surface area contributed by atoms with Gasteiger partial charge in [-0.25, -0.2) is 0 Å². The van der Waals surface area contributed by atoms with Crippen molar-refractivity contribution in [2.24, 2.45) is 0 Å². The minimum Gasteiger partial charge on any atom is -0.469 e. The van der Waals surface area contributed by atoms with E-state index < -0.39 is 0 Å². The lowest BCUT2D eigenvalue weighted by Gasteiger charge is -2.17. The van der Waals surface area contributed by atoms with Crippen LogP contribution in [-0.4, -0.2) is 6.54 Å². The molecule has 0 aliphatic carbocycles. The smallest absolute Gasteiger partial charge is 0.105 e. The SMILES string of the molecule is CCNC(Cc1cccc(Cl)c1)c1ccoc1C. The van der Waals surface area contributed by atoms with Crippen LogP contribution in [0.3, 0.4) is 0 Å². The van der Waals surface area contributed by atoms with E-state index in [1.54, 1.807) is 6.26 Å². The minimum absolute atomic E-state index is 0.271. The average molecular weight is 264 g/mol. The summed E-state index contributed by atoms with van der Waals surface area (Å²) in [7, 11) is 0. The zero-order valence-electron chi connectivity index (χ0n) is 10.7. The van der Waals surface area contributed by atoms with Gasteiger partial charge in [-0.2, -0.15) is 0 Å². The third-order valence-corrected chi connectivity index (χ3v) is 3.29. The maximum Gasteiger partial charge on any atom is 0.105 e. The van der Waals surface area contributed by atoms with Crippen LogP contribution in [0.25, 0.3) is 0 Å². The molecule has 0 radical (unpaired) electrons. The Balaban J connectivity index is 2.19. The van der Waals surface area contributed by atoms with Crippen LogP contribution in [0.5, 0.6) is 0 Å². The van der Waals surface area contributed by atoms with Gasteiger partial charge in [0.25, 0.3) is 0 Å². The summed E-state index contributed by atoms with van der Waals surface area (Å²) in [4.78, 5) is 0. The second-order valence-electron chi connectivity index (χ2n) is 4.38. The van der Waals surface area contributed by atoms with Gasteiger partial charge in [0, 0.05) is 16.6 Å². The number of halogens is 1. The number of furan rings is 1. The zero-order valence-corrected chi connectivity index (χ0v) is 11.5. The number of aryl methyl sites for hydroxylation is 1. The average Bonchev–Trinajstić information content (AvgIpc) is 2.75. The monoisotopic (exact) mass is 263 g/mol. The summed E-state index contributed by atoms with van der Waals surface area (Å²) in [5.41, 5.74) is 2.45. The normalized spacial score (nSPS) is 12.6. The molecule has 0 saturated carbocycles. The summed E-state index contributed by atoms with van der Waals surface area (Å²) in [5.74, 6) is 0.975. The molecule has 96 valence electrons. The molecule has 0 aliphatic heterocycles. The van der Waals surface area contributed by atoms with Gasteiger partial charge < -0.3 is 9.73 Å². The van der Waals surface area contributed by atoms with Crippen LogP contribution in [0.2, 0.25) is 5.02 Å². The molecular formula is C15H18ClNO. The maximum atomic E-state index is 6.02. The van der Waals surface area contributed by atoms with E-state index >= 15 is 0 Å². The number of benzene rings is 1. The fraction of sp³-hybridized carbons (Fsp3) is 0.333. The molecular weight excluding hydrogens is 246 g/mol. The van der Waals surface area contributed by atoms with Gasteiger partial charge in [0.15, 0.2) is 0 Å². The number of likely N-dealkylation sites (N-methyl/N-ethyl adjacent to an activating group) is 1. The molecule has 0 amide bonds. The molecule has 0 bridgehead atoms. The molecule has 2 rings (SSSR count). The topological polar surface area (TPSA) is 25.2 Å². The molecule has 0 saturated heterocycles. The predicted molar refractivity (Wildman–Crippen MR) is 75.0 cm³/mol. The van der Waals surface area contributed by atoms with Gasteiger partial charge in [-0.05, 0) is 43.7 Å². The van der Waals surface area contributed by atoms with Crippen LogP contribution in [-0.2, 0) is 6.42 Å². The molecule has 1 aromatic heterocycles. The number of hydrogen-bond donors (Lipinski definition) is 1. The Bertz CT molecular complexity index is 507. The van der Waals surface area contributed by atoms with Crippen LogP contribution in [0.15, 0.2) is 41.0 Å². The molecule has 1 heterocycles. The van der Waals surface area contributed by atoms with E-state index in [9.17, 15) is 0 Å². The Morgan fingerprint density at radius 2 is 2.17 bits per heavy atom. The van der Waals surface area contributed by atoms with E-state index in [1.165, 1.54) is 11.1 Å². The van der Waals surface area contributed by atoms with Crippen molar-refractivity contribution >= 4 is 11.6 Å². The summed E-state index contributed by atoms with van der Waals surface area (Å²) in [6, 6.07) is 10.3. The van der Waals surface area contributed by atoms with Gasteiger partial charge in [-0.3, -0.25) is 0 Å². The van der Waals surface area contributed by atoms with Gasteiger partial charge in [-0.15, -0.1) is 0 Å². The van der Waals surface area contributed by atoms with E-state index in [0.717, 1.165) is 23.7 Å². The Morgan fingerprint density at radius 1 is 1.33 bits per heavy atom. The summed E-state index contributed by atoms with van der Waals surface area (Å²) >= 11 is 6.02. The van der Waals surface area contributed by atoms with E-state index in [0.29, 0.717) is 0 Å². The van der Waals surface area contributed by atoms with Gasteiger partial charge >= 0.3 is 0 Å². The molecule has 3 heteroatoms. The standard InChI is InChI=1S/C15H18ClNO/c1-3-17-15(14-7-8-18-11(14)2)10-12-5-4-6-13(16)9-12/h4-9,15,17H,3,10H2,1-2H3. The largest absolute Gasteiger partial charge is 0.469 e. The molecule has 2 aromatic rings. The van der Waals surface area contributed by atoms with E-state index in [-0.39, 0.29) is 6.04 Å². The predicted octanol–water partition coefficient (Wildman–Crippen LogP) is 4.13. The lowest BCUT2D eigenvalue weighted by Crippen LogP contribution is -2.23. The highest BCUT2D eigenvalue weighted by Gasteiger charge is 2.15. The highest BCUT2D eigenvalue weighted by atomic mass is 35.5. The van der Waals surface area contributed by atoms with Gasteiger partial charge in [0.05, 0.1) is 6.26 Å². The van der Waals surface area contributed by atoms with E-state index in [2.05, 4.69) is 18.3 Å². The minimum atomic E-state index is 0.271. The van der Waals surface area contributed by atoms with Crippen molar-refractivity contribution in [3.63, 3.8) is 0 Å². The third-order valence-electron chi connectivity index (χ3n) is 3.05. The molecule has 0 spiro atoms. The number of hydrogen-bond acceptors (Lipinski definition) is 2. The van der Waals surface area contributed by atoms with Crippen LogP contribution in [0.4, 0.5) is 0 Å². The van der Waals surface area contributed by atoms with Crippen LogP contribution >= 0.6 is 11.6 Å². The second kappa shape index (κ2) is 6.07. The maximum absolute atomic E-state index is 6.02. The first-order chi connectivity index (χ1) is 8.70. The Hall–Kier alpha value is -1.25. The molecule has 1 N–H and O–H groups in total. The molecule has 0 fully saturated rings. The van der Waals surface area contributed by atoms with Crippen molar-refractivity contribution in [1.29, 1.82) is 0 Å². The first-order valence-electron chi connectivity index (χ1n) is 6.22. The zero-order chi connectivity index (χ0) is 13.0. The fourth-order valence-electron chi connectivity index (χ4n) is 2.19. The van der Waals surface area contributed by atoms with Crippen LogP contribution in [0, 0.1) is 6.92 Å². The van der Waals surface area contributed by atoms with Crippen molar-refractivity contribution in [2.45, 2.75) is 26.3 Å². The summed E-state index contributed by atoms with van der Waals surface area (Å²) in [6.45, 7) is 5.04. The Labute approximate surface area is 113 Å². The lowest BCUT2D eigenvalue weighted by molar-refractivity contribution is 0.501.